The summed E-state index contributed by atoms with van der Waals surface area (Å²) in [5.74, 6) is 0. The van der Waals surface area contributed by atoms with Crippen LogP contribution in [0.1, 0.15) is 31.4 Å². The van der Waals surface area contributed by atoms with Crippen molar-refractivity contribution >= 4 is 11.8 Å². The van der Waals surface area contributed by atoms with Crippen LogP contribution >= 0.6 is 0 Å². The summed E-state index contributed by atoms with van der Waals surface area (Å²) in [6.07, 6.45) is -22.2. The van der Waals surface area contributed by atoms with Crippen LogP contribution in [0, 0.1) is 0 Å². The van der Waals surface area contributed by atoms with Gasteiger partial charge in [0, 0.05) is 37.4 Å². The highest BCUT2D eigenvalue weighted by molar-refractivity contribution is 5.67. The van der Waals surface area contributed by atoms with Crippen molar-refractivity contribution in [3.8, 4) is 0 Å². The minimum Gasteiger partial charge on any atom is -0.427 e. The quantitative estimate of drug-likeness (QED) is 0.440. The van der Waals surface area contributed by atoms with Crippen LogP contribution in [-0.4, -0.2) is 74.9 Å². The maximum absolute atomic E-state index is 13.3. The summed E-state index contributed by atoms with van der Waals surface area (Å²) in [6.45, 7) is 4.74. The third kappa shape index (κ3) is 8.83. The van der Waals surface area contributed by atoms with Gasteiger partial charge in [0.05, 0.1) is 18.8 Å². The van der Waals surface area contributed by atoms with Gasteiger partial charge >= 0.3 is 24.6 Å². The van der Waals surface area contributed by atoms with E-state index in [1.807, 2.05) is 5.32 Å². The molecule has 0 aromatic heterocycles. The first-order valence-electron chi connectivity index (χ1n) is 11.1. The largest absolute Gasteiger partial charge is 0.434 e. The van der Waals surface area contributed by atoms with Crippen molar-refractivity contribution in [1.82, 2.24) is 10.2 Å². The molecular formula is C22H28F9N3O3. The number of carbonyl (C=O) groups is 1. The van der Waals surface area contributed by atoms with Crippen LogP contribution in [0.15, 0.2) is 18.2 Å². The first-order valence-corrected chi connectivity index (χ1v) is 11.1. The molecule has 1 aromatic carbocycles. The fourth-order valence-corrected chi connectivity index (χ4v) is 3.57. The summed E-state index contributed by atoms with van der Waals surface area (Å²) in [5.41, 5.74) is -0.617. The Hall–Kier alpha value is -2.42. The molecule has 0 spiro atoms. The number of hydrogen-bond donors (Lipinski definition) is 1. The van der Waals surface area contributed by atoms with E-state index < -0.39 is 41.8 Å². The van der Waals surface area contributed by atoms with Gasteiger partial charge in [-0.3, -0.25) is 4.90 Å². The molecule has 0 saturated carbocycles. The van der Waals surface area contributed by atoms with Gasteiger partial charge in [-0.2, -0.15) is 39.5 Å². The Labute approximate surface area is 207 Å². The standard InChI is InChI=1S/C22H28F9N3O3/c1-19(2,6-7-32-18(35)37-17(21(26,27)28)22(29,30)31)33(3)13-14-4-5-15(20(23,24)25)12-16(14)34-8-10-36-11-9-34/h4-5,12,17H,6-11,13H2,1-3H3,(H,32,35). The third-order valence-corrected chi connectivity index (χ3v) is 6.03. The number of alkyl carbamates (subject to hydrolysis) is 1. The van der Waals surface area contributed by atoms with E-state index in [0.29, 0.717) is 37.6 Å². The van der Waals surface area contributed by atoms with E-state index in [1.165, 1.54) is 6.07 Å². The summed E-state index contributed by atoms with van der Waals surface area (Å²) in [7, 11) is 1.66. The molecule has 1 amide bonds. The molecule has 212 valence electrons. The smallest absolute Gasteiger partial charge is 0.427 e. The Bertz CT molecular complexity index is 897. The number of nitrogens with zero attached hydrogens (tertiary/aromatic N) is 2. The molecule has 1 fully saturated rings. The number of anilines is 1. The number of ether oxygens (including phenoxy) is 2. The van der Waals surface area contributed by atoms with Gasteiger partial charge < -0.3 is 19.7 Å². The van der Waals surface area contributed by atoms with E-state index in [2.05, 4.69) is 4.74 Å². The molecule has 0 radical (unpaired) electrons. The fraction of sp³-hybridized carbons (Fsp3) is 0.682. The van der Waals surface area contributed by atoms with Crippen molar-refractivity contribution in [1.29, 1.82) is 0 Å². The van der Waals surface area contributed by atoms with E-state index in [9.17, 15) is 44.3 Å². The lowest BCUT2D eigenvalue weighted by Gasteiger charge is -2.38. The second-order valence-electron chi connectivity index (χ2n) is 9.15. The highest BCUT2D eigenvalue weighted by Crippen LogP contribution is 2.36. The molecular weight excluding hydrogens is 525 g/mol. The molecule has 1 N–H and O–H groups in total. The van der Waals surface area contributed by atoms with Crippen molar-refractivity contribution in [3.63, 3.8) is 0 Å². The number of benzene rings is 1. The third-order valence-electron chi connectivity index (χ3n) is 6.03. The number of halogens is 9. The molecule has 1 aliphatic heterocycles. The molecule has 15 heteroatoms. The summed E-state index contributed by atoms with van der Waals surface area (Å²) in [5, 5.41) is 1.88. The average Bonchev–Trinajstić information content (AvgIpc) is 2.76. The summed E-state index contributed by atoms with van der Waals surface area (Å²) in [6, 6.07) is 3.40. The molecule has 1 aliphatic rings. The van der Waals surface area contributed by atoms with Gasteiger partial charge in [-0.15, -0.1) is 0 Å². The van der Waals surface area contributed by atoms with Gasteiger partial charge in [0.2, 0.25) is 0 Å². The van der Waals surface area contributed by atoms with E-state index in [0.717, 1.165) is 12.1 Å². The average molecular weight is 553 g/mol. The van der Waals surface area contributed by atoms with Gasteiger partial charge in [0.25, 0.3) is 6.10 Å². The summed E-state index contributed by atoms with van der Waals surface area (Å²) >= 11 is 0. The van der Waals surface area contributed by atoms with E-state index >= 15 is 0 Å². The van der Waals surface area contributed by atoms with Crippen LogP contribution in [0.5, 0.6) is 0 Å². The molecule has 0 unspecified atom stereocenters. The predicted octanol–water partition coefficient (Wildman–Crippen LogP) is 5.36. The van der Waals surface area contributed by atoms with E-state index in [4.69, 9.17) is 4.74 Å². The SMILES string of the molecule is CN(Cc1ccc(C(F)(F)F)cc1N1CCOCC1)C(C)(C)CCNC(=O)OC(C(F)(F)F)C(F)(F)F. The van der Waals surface area contributed by atoms with Gasteiger partial charge in [-0.05, 0) is 45.0 Å². The minimum atomic E-state index is -5.82. The van der Waals surface area contributed by atoms with Crippen LogP contribution in [-0.2, 0) is 22.2 Å². The van der Waals surface area contributed by atoms with Gasteiger partial charge in [0.15, 0.2) is 0 Å². The van der Waals surface area contributed by atoms with Gasteiger partial charge in [-0.1, -0.05) is 6.07 Å². The molecule has 0 atom stereocenters. The Morgan fingerprint density at radius 1 is 1.05 bits per heavy atom. The van der Waals surface area contributed by atoms with Gasteiger partial charge in [0.1, 0.15) is 0 Å². The molecule has 1 heterocycles. The van der Waals surface area contributed by atoms with Crippen molar-refractivity contribution in [3.05, 3.63) is 29.3 Å². The number of alkyl halides is 9. The van der Waals surface area contributed by atoms with Gasteiger partial charge in [-0.25, -0.2) is 4.79 Å². The number of nitrogens with one attached hydrogen (secondary N) is 1. The first-order chi connectivity index (χ1) is 16.8. The molecule has 0 bridgehead atoms. The number of amides is 1. The zero-order valence-electron chi connectivity index (χ0n) is 20.3. The van der Waals surface area contributed by atoms with Crippen LogP contribution in [0.3, 0.4) is 0 Å². The summed E-state index contributed by atoms with van der Waals surface area (Å²) in [4.78, 5) is 15.1. The molecule has 1 saturated heterocycles. The Kier molecular flexibility index (Phi) is 9.61. The first kappa shape index (κ1) is 30.8. The van der Waals surface area contributed by atoms with Crippen molar-refractivity contribution in [2.45, 2.75) is 57.0 Å². The second-order valence-corrected chi connectivity index (χ2v) is 9.15. The lowest BCUT2D eigenvalue weighted by Crippen LogP contribution is -2.48. The fourth-order valence-electron chi connectivity index (χ4n) is 3.57. The maximum atomic E-state index is 13.3. The van der Waals surface area contributed by atoms with Crippen LogP contribution in [0.4, 0.5) is 50.0 Å². The number of rotatable bonds is 8. The van der Waals surface area contributed by atoms with E-state index in [1.54, 1.807) is 30.7 Å². The van der Waals surface area contributed by atoms with Crippen LogP contribution in [0.25, 0.3) is 0 Å². The maximum Gasteiger partial charge on any atom is 0.434 e. The molecule has 2 rings (SSSR count). The zero-order chi connectivity index (χ0) is 28.2. The molecule has 1 aromatic rings. The molecule has 6 nitrogen and oxygen atoms in total. The Morgan fingerprint density at radius 3 is 2.14 bits per heavy atom. The normalized spacial score (nSPS) is 15.9. The lowest BCUT2D eigenvalue weighted by atomic mass is 9.97. The highest BCUT2D eigenvalue weighted by atomic mass is 19.4. The second kappa shape index (κ2) is 11.5. The van der Waals surface area contributed by atoms with Crippen LogP contribution < -0.4 is 10.2 Å². The van der Waals surface area contributed by atoms with E-state index in [-0.39, 0.29) is 19.5 Å². The molecule has 0 aliphatic carbocycles. The lowest BCUT2D eigenvalue weighted by molar-refractivity contribution is -0.307. The van der Waals surface area contributed by atoms with Crippen molar-refractivity contribution in [2.75, 3.05) is 44.8 Å². The highest BCUT2D eigenvalue weighted by Gasteiger charge is 2.60. The monoisotopic (exact) mass is 553 g/mol. The Morgan fingerprint density at radius 2 is 1.62 bits per heavy atom. The zero-order valence-corrected chi connectivity index (χ0v) is 20.3. The Balaban J connectivity index is 2.06. The topological polar surface area (TPSA) is 54.0 Å². The summed E-state index contributed by atoms with van der Waals surface area (Å²) < 4.78 is 124. The number of morpholine rings is 1. The van der Waals surface area contributed by atoms with Crippen molar-refractivity contribution in [2.24, 2.45) is 0 Å². The molecule has 37 heavy (non-hydrogen) atoms. The number of carbonyl (C=O) groups excluding carboxylic acids is 1. The van der Waals surface area contributed by atoms with Crippen LogP contribution in [0.2, 0.25) is 0 Å². The van der Waals surface area contributed by atoms with Crippen molar-refractivity contribution < 1.29 is 53.8 Å². The number of hydrogen-bond acceptors (Lipinski definition) is 5. The minimum absolute atomic E-state index is 0.0782. The predicted molar refractivity (Wildman–Crippen MR) is 115 cm³/mol.